The molecule has 0 radical (unpaired) electrons. The average molecular weight is 189 g/mol. The van der Waals surface area contributed by atoms with E-state index in [0.717, 1.165) is 0 Å². The van der Waals surface area contributed by atoms with Crippen molar-refractivity contribution in [3.05, 3.63) is 24.3 Å². The van der Waals surface area contributed by atoms with Crippen molar-refractivity contribution in [1.82, 2.24) is 4.90 Å². The lowest BCUT2D eigenvalue weighted by atomic mass is 9.55. The van der Waals surface area contributed by atoms with E-state index >= 15 is 0 Å². The van der Waals surface area contributed by atoms with Crippen LogP contribution in [0.2, 0.25) is 0 Å². The van der Waals surface area contributed by atoms with Crippen molar-refractivity contribution in [3.8, 4) is 0 Å². The Hall–Kier alpha value is -0.560. The van der Waals surface area contributed by atoms with Crippen LogP contribution in [0.1, 0.15) is 25.7 Å². The molecule has 0 N–H and O–H groups in total. The maximum Gasteiger partial charge on any atom is 0.00472 e. The van der Waals surface area contributed by atoms with Gasteiger partial charge in [-0.15, -0.1) is 0 Å². The van der Waals surface area contributed by atoms with E-state index in [2.05, 4.69) is 36.3 Å². The van der Waals surface area contributed by atoms with E-state index in [1.807, 2.05) is 0 Å². The molecule has 3 rings (SSSR count). The molecule has 1 heteroatoms. The first-order chi connectivity index (χ1) is 6.77. The molecule has 14 heavy (non-hydrogen) atoms. The molecular weight excluding hydrogens is 170 g/mol. The summed E-state index contributed by atoms with van der Waals surface area (Å²) >= 11 is 0. The molecule has 3 aliphatic rings. The summed E-state index contributed by atoms with van der Waals surface area (Å²) in [7, 11) is 2.28. The molecule has 0 spiro atoms. The van der Waals surface area contributed by atoms with Crippen LogP contribution in [0.3, 0.4) is 0 Å². The molecule has 2 aliphatic carbocycles. The predicted octanol–water partition coefficient (Wildman–Crippen LogP) is 2.60. The van der Waals surface area contributed by atoms with Gasteiger partial charge in [0.05, 0.1) is 0 Å². The van der Waals surface area contributed by atoms with E-state index in [-0.39, 0.29) is 0 Å². The van der Waals surface area contributed by atoms with Gasteiger partial charge >= 0.3 is 0 Å². The van der Waals surface area contributed by atoms with Gasteiger partial charge in [-0.2, -0.15) is 0 Å². The largest absolute Gasteiger partial charge is 0.305 e. The van der Waals surface area contributed by atoms with Crippen molar-refractivity contribution >= 4 is 0 Å². The summed E-state index contributed by atoms with van der Waals surface area (Å²) in [5.41, 5.74) is 1.18. The van der Waals surface area contributed by atoms with Crippen molar-refractivity contribution in [2.45, 2.75) is 25.7 Å². The van der Waals surface area contributed by atoms with Crippen LogP contribution in [0.25, 0.3) is 0 Å². The second-order valence-electron chi connectivity index (χ2n) is 5.49. The molecule has 0 amide bonds. The van der Waals surface area contributed by atoms with Crippen LogP contribution in [-0.4, -0.2) is 25.0 Å². The first-order valence-electron chi connectivity index (χ1n) is 5.75. The van der Waals surface area contributed by atoms with Crippen LogP contribution in [0.15, 0.2) is 24.3 Å². The Kier molecular flexibility index (Phi) is 1.70. The van der Waals surface area contributed by atoms with Gasteiger partial charge in [0, 0.05) is 13.1 Å². The highest BCUT2D eigenvalue weighted by Crippen LogP contribution is 2.59. The summed E-state index contributed by atoms with van der Waals surface area (Å²) in [5, 5.41) is 0. The van der Waals surface area contributed by atoms with Crippen molar-refractivity contribution in [3.63, 3.8) is 0 Å². The highest BCUT2D eigenvalue weighted by Gasteiger charge is 2.56. The third-order valence-corrected chi connectivity index (χ3v) is 4.64. The normalized spacial score (nSPS) is 46.4. The Balaban J connectivity index is 2.06. The molecule has 0 bridgehead atoms. The van der Waals surface area contributed by atoms with Gasteiger partial charge in [-0.1, -0.05) is 24.3 Å². The van der Waals surface area contributed by atoms with Crippen LogP contribution in [-0.2, 0) is 0 Å². The maximum absolute atomic E-state index is 2.54. The van der Waals surface area contributed by atoms with E-state index in [4.69, 9.17) is 0 Å². The minimum atomic E-state index is 0.589. The molecule has 1 nitrogen and oxygen atoms in total. The van der Waals surface area contributed by atoms with Crippen molar-refractivity contribution < 1.29 is 0 Å². The highest BCUT2D eigenvalue weighted by molar-refractivity contribution is 5.21. The fourth-order valence-corrected chi connectivity index (χ4v) is 3.95. The Bertz CT molecular complexity index is 254. The van der Waals surface area contributed by atoms with Gasteiger partial charge in [-0.3, -0.25) is 0 Å². The molecule has 76 valence electrons. The second kappa shape index (κ2) is 2.73. The van der Waals surface area contributed by atoms with Gasteiger partial charge in [-0.25, -0.2) is 0 Å². The number of hydrogen-bond acceptors (Lipinski definition) is 1. The molecule has 1 saturated heterocycles. The molecule has 1 fully saturated rings. The molecular formula is C13H19N. The molecule has 0 aromatic carbocycles. The Morgan fingerprint density at radius 1 is 0.786 bits per heavy atom. The van der Waals surface area contributed by atoms with Crippen LogP contribution in [0.5, 0.6) is 0 Å². The molecule has 1 aliphatic heterocycles. The minimum absolute atomic E-state index is 0.589. The zero-order valence-corrected chi connectivity index (χ0v) is 9.00. The summed E-state index contributed by atoms with van der Waals surface area (Å²) in [6, 6.07) is 0. The maximum atomic E-state index is 2.54. The Morgan fingerprint density at radius 2 is 1.14 bits per heavy atom. The fraction of sp³-hybridized carbons (Fsp3) is 0.692. The minimum Gasteiger partial charge on any atom is -0.305 e. The monoisotopic (exact) mass is 189 g/mol. The van der Waals surface area contributed by atoms with Gasteiger partial charge in [-0.05, 0) is 43.6 Å². The van der Waals surface area contributed by atoms with Crippen LogP contribution < -0.4 is 0 Å². The first kappa shape index (κ1) is 8.72. The van der Waals surface area contributed by atoms with Crippen molar-refractivity contribution in [2.75, 3.05) is 20.1 Å². The molecule has 0 saturated carbocycles. The summed E-state index contributed by atoms with van der Waals surface area (Å²) in [6.45, 7) is 2.61. The third-order valence-electron chi connectivity index (χ3n) is 4.64. The highest BCUT2D eigenvalue weighted by atomic mass is 15.2. The summed E-state index contributed by atoms with van der Waals surface area (Å²) in [5.74, 6) is 0. The number of likely N-dealkylation sites (tertiary alicyclic amines) is 1. The Labute approximate surface area is 86.5 Å². The lowest BCUT2D eigenvalue weighted by molar-refractivity contribution is 0.0851. The van der Waals surface area contributed by atoms with E-state index in [1.54, 1.807) is 0 Å². The van der Waals surface area contributed by atoms with Gasteiger partial charge in [0.2, 0.25) is 0 Å². The summed E-state index contributed by atoms with van der Waals surface area (Å²) in [4.78, 5) is 2.54. The van der Waals surface area contributed by atoms with Crippen LogP contribution in [0.4, 0.5) is 0 Å². The fourth-order valence-electron chi connectivity index (χ4n) is 3.95. The van der Waals surface area contributed by atoms with E-state index in [1.165, 1.54) is 38.8 Å². The summed E-state index contributed by atoms with van der Waals surface area (Å²) in [6.07, 6.45) is 14.9. The predicted molar refractivity (Wildman–Crippen MR) is 59.1 cm³/mol. The number of rotatable bonds is 0. The number of allylic oxidation sites excluding steroid dienone is 4. The van der Waals surface area contributed by atoms with Gasteiger partial charge in [0.25, 0.3) is 0 Å². The zero-order chi connectivity index (χ0) is 9.65. The van der Waals surface area contributed by atoms with E-state index < -0.39 is 0 Å². The third kappa shape index (κ3) is 0.939. The second-order valence-corrected chi connectivity index (χ2v) is 5.49. The molecule has 0 aromatic heterocycles. The summed E-state index contributed by atoms with van der Waals surface area (Å²) < 4.78 is 0. The molecule has 1 heterocycles. The lowest BCUT2D eigenvalue weighted by Crippen LogP contribution is -2.43. The van der Waals surface area contributed by atoms with Crippen molar-refractivity contribution in [2.24, 2.45) is 10.8 Å². The zero-order valence-electron chi connectivity index (χ0n) is 9.00. The number of hydrogen-bond donors (Lipinski definition) is 0. The topological polar surface area (TPSA) is 3.24 Å². The van der Waals surface area contributed by atoms with Gasteiger partial charge in [0.15, 0.2) is 0 Å². The molecule has 0 atom stereocenters. The van der Waals surface area contributed by atoms with E-state index in [9.17, 15) is 0 Å². The molecule has 0 unspecified atom stereocenters. The average Bonchev–Trinajstić information content (AvgIpc) is 2.48. The quantitative estimate of drug-likeness (QED) is 0.529. The Morgan fingerprint density at radius 3 is 1.50 bits per heavy atom. The van der Waals surface area contributed by atoms with E-state index in [0.29, 0.717) is 10.8 Å². The van der Waals surface area contributed by atoms with Gasteiger partial charge in [0.1, 0.15) is 0 Å². The smallest absolute Gasteiger partial charge is 0.00472 e. The standard InChI is InChI=1S/C13H19N/c1-14-10-12-6-2-3-7-13(12,11-14)9-5-4-8-12/h2-5H,6-11H2,1H3. The number of nitrogens with zero attached hydrogens (tertiary/aromatic N) is 1. The van der Waals surface area contributed by atoms with Crippen LogP contribution >= 0.6 is 0 Å². The SMILES string of the molecule is CN1CC23CC=CCC2(CC=CC3)C1. The first-order valence-corrected chi connectivity index (χ1v) is 5.75. The van der Waals surface area contributed by atoms with Gasteiger partial charge < -0.3 is 4.90 Å². The van der Waals surface area contributed by atoms with Crippen molar-refractivity contribution in [1.29, 1.82) is 0 Å². The molecule has 0 aromatic rings. The van der Waals surface area contributed by atoms with Crippen LogP contribution in [0, 0.1) is 10.8 Å². The lowest BCUT2D eigenvalue weighted by Gasteiger charge is -2.48.